The second-order valence-electron chi connectivity index (χ2n) is 13.9. The van der Waals surface area contributed by atoms with Gasteiger partial charge < -0.3 is 4.13 Å². The van der Waals surface area contributed by atoms with Crippen LogP contribution < -0.4 is 21.2 Å². The molecule has 292 valence electrons. The Morgan fingerprint density at radius 1 is 0.647 bits per heavy atom. The molecular weight excluding hydrogens is 848 g/mol. The highest BCUT2D eigenvalue weighted by Gasteiger charge is 2.84. The highest BCUT2D eigenvalue weighted by Crippen LogP contribution is 2.55. The van der Waals surface area contributed by atoms with E-state index in [-0.39, 0.29) is 44.4 Å². The molecule has 5 nitrogen and oxygen atoms in total. The minimum Gasteiger partial charge on any atom is -0.431 e. The molecule has 0 spiro atoms. The van der Waals surface area contributed by atoms with Crippen molar-refractivity contribution in [1.29, 1.82) is 0 Å². The van der Waals surface area contributed by atoms with E-state index in [1.165, 1.54) is 31.1 Å². The summed E-state index contributed by atoms with van der Waals surface area (Å²) < 4.78 is 165. The van der Waals surface area contributed by atoms with Crippen molar-refractivity contribution in [2.24, 2.45) is 5.92 Å². The molecule has 0 radical (unpaired) electrons. The molecule has 51 heavy (non-hydrogen) atoms. The number of rotatable bonds is 14. The highest BCUT2D eigenvalue weighted by atomic mass is 127. The topological polar surface area (TPSA) is 82.4 Å². The van der Waals surface area contributed by atoms with Gasteiger partial charge in [0.15, 0.2) is 17.2 Å². The number of nitrogens with zero attached hydrogens (tertiary/aromatic N) is 1. The first-order chi connectivity index (χ1) is 23.1. The zero-order valence-electron chi connectivity index (χ0n) is 29.2. The Labute approximate surface area is 305 Å². The predicted octanol–water partition coefficient (Wildman–Crippen LogP) is 7.61. The van der Waals surface area contributed by atoms with Crippen molar-refractivity contribution < 1.29 is 77.6 Å². The van der Waals surface area contributed by atoms with Gasteiger partial charge in [0.2, 0.25) is 0 Å². The molecule has 0 atom stereocenters. The fourth-order valence-corrected chi connectivity index (χ4v) is 10.1. The summed E-state index contributed by atoms with van der Waals surface area (Å²) >= 11 is -0.0793. The maximum Gasteiger partial charge on any atom is 0.460 e. The van der Waals surface area contributed by atoms with Gasteiger partial charge in [-0.25, -0.2) is 16.8 Å². The molecule has 0 bridgehead atoms. The normalized spacial score (nSPS) is 16.1. The van der Waals surface area contributed by atoms with Crippen LogP contribution in [0.25, 0.3) is 4.13 Å². The molecule has 0 aliphatic heterocycles. The van der Waals surface area contributed by atoms with Crippen molar-refractivity contribution in [3.05, 3.63) is 70.9 Å². The number of halogens is 10. The minimum atomic E-state index is -7.51. The van der Waals surface area contributed by atoms with Crippen molar-refractivity contribution in [1.82, 2.24) is 0 Å². The molecule has 0 unspecified atom stereocenters. The number of hydrogen-bond acceptors (Lipinski definition) is 4. The van der Waals surface area contributed by atoms with E-state index in [4.69, 9.17) is 0 Å². The molecule has 0 saturated heterocycles. The average Bonchev–Trinajstić information content (AvgIpc) is 3.04. The lowest BCUT2D eigenvalue weighted by molar-refractivity contribution is -0.597. The fourth-order valence-electron chi connectivity index (χ4n) is 5.01. The van der Waals surface area contributed by atoms with Crippen molar-refractivity contribution in [2.45, 2.75) is 127 Å². The number of benzene rings is 2. The van der Waals surface area contributed by atoms with E-state index in [0.717, 1.165) is 19.3 Å². The van der Waals surface area contributed by atoms with Crippen LogP contribution in [0, 0.1) is 13.1 Å². The molecule has 0 amide bonds. The maximum atomic E-state index is 13.5. The molecule has 1 aliphatic rings. The molecular formula is C34H45F9INO4S2. The van der Waals surface area contributed by atoms with E-state index < -0.39 is 49.1 Å². The second-order valence-corrected chi connectivity index (χ2v) is 20.5. The van der Waals surface area contributed by atoms with Crippen LogP contribution in [-0.2, 0) is 30.9 Å². The third-order valence-electron chi connectivity index (χ3n) is 9.40. The van der Waals surface area contributed by atoms with Crippen LogP contribution in [0.2, 0.25) is 0 Å². The fraction of sp³-hybridized carbons (Fsp3) is 0.647. The van der Waals surface area contributed by atoms with Crippen LogP contribution in [0.1, 0.15) is 104 Å². The molecule has 3 rings (SSSR count). The Balaban J connectivity index is 0.000000360. The van der Waals surface area contributed by atoms with E-state index >= 15 is 0 Å². The Morgan fingerprint density at radius 3 is 1.39 bits per heavy atom. The van der Waals surface area contributed by atoms with Crippen molar-refractivity contribution in [2.75, 3.05) is 5.75 Å². The number of sulfonamides is 2. The monoisotopic (exact) mass is 893 g/mol. The summed E-state index contributed by atoms with van der Waals surface area (Å²) in [7, 11) is -12.7. The molecule has 2 aromatic carbocycles. The van der Waals surface area contributed by atoms with Gasteiger partial charge in [0.05, 0.1) is 10.0 Å². The van der Waals surface area contributed by atoms with Gasteiger partial charge in [-0.2, -0.15) is 39.5 Å². The molecule has 1 aliphatic carbocycles. The summed E-state index contributed by atoms with van der Waals surface area (Å²) in [5.74, 6) is -16.4. The van der Waals surface area contributed by atoms with Crippen LogP contribution in [0.4, 0.5) is 39.5 Å². The first-order valence-electron chi connectivity index (χ1n) is 16.3. The molecule has 0 aromatic heterocycles. The van der Waals surface area contributed by atoms with Crippen LogP contribution in [0.5, 0.6) is 0 Å². The van der Waals surface area contributed by atoms with E-state index in [1.54, 1.807) is 4.13 Å². The standard InChI is InChI=1S/C22H30I.C12H15F9NO4S2/c1-7-21(3,4)17-9-13-19(14-10-17)23-20-15-11-18(12-16-20)22(5,6)8-2;13-9(14,11(17,18)19)10(15,16)12(20,21)28(25,26)22-27(23,24)7-6-8-4-2-1-3-5-8/h9-16H,7-8H2,1-6H3;8H,1-7H2/q+1;-1. The van der Waals surface area contributed by atoms with E-state index in [2.05, 4.69) is 90.1 Å². The smallest absolute Gasteiger partial charge is 0.431 e. The predicted molar refractivity (Wildman–Crippen MR) is 175 cm³/mol. The summed E-state index contributed by atoms with van der Waals surface area (Å²) in [6, 6.07) is 18.7. The van der Waals surface area contributed by atoms with Crippen LogP contribution >= 0.6 is 0 Å². The summed E-state index contributed by atoms with van der Waals surface area (Å²) in [5, 5.41) is -7.14. The largest absolute Gasteiger partial charge is 0.460 e. The first-order valence-corrected chi connectivity index (χ1v) is 21.5. The van der Waals surface area contributed by atoms with E-state index in [0.29, 0.717) is 12.8 Å². The Kier molecular flexibility index (Phi) is 15.0. The zero-order valence-corrected chi connectivity index (χ0v) is 33.0. The molecule has 17 heteroatoms. The third kappa shape index (κ3) is 11.2. The Bertz CT molecular complexity index is 1580. The first kappa shape index (κ1) is 45.6. The molecule has 2 aromatic rings. The minimum absolute atomic E-state index is 0.0793. The van der Waals surface area contributed by atoms with Gasteiger partial charge in [-0.1, -0.05) is 97.9 Å². The second kappa shape index (κ2) is 16.8. The van der Waals surface area contributed by atoms with Crippen molar-refractivity contribution in [3.63, 3.8) is 0 Å². The average molecular weight is 894 g/mol. The summed E-state index contributed by atoms with van der Waals surface area (Å²) in [4.78, 5) is 0. The van der Waals surface area contributed by atoms with Gasteiger partial charge >= 0.3 is 44.5 Å². The lowest BCUT2D eigenvalue weighted by Crippen LogP contribution is -3.61. The van der Waals surface area contributed by atoms with Gasteiger partial charge in [0, 0.05) is 5.75 Å². The van der Waals surface area contributed by atoms with Gasteiger partial charge in [-0.15, -0.1) is 0 Å². The van der Waals surface area contributed by atoms with Gasteiger partial charge in [0.25, 0.3) is 0 Å². The van der Waals surface area contributed by atoms with E-state index in [1.807, 2.05) is 0 Å². The highest BCUT2D eigenvalue weighted by molar-refractivity contribution is 8.12. The summed E-state index contributed by atoms with van der Waals surface area (Å²) in [6.07, 6.45) is -1.78. The molecule has 1 fully saturated rings. The van der Waals surface area contributed by atoms with Gasteiger partial charge in [-0.05, 0) is 71.4 Å². The number of hydrogen-bond donors (Lipinski definition) is 0. The quantitative estimate of drug-likeness (QED) is 0.145. The van der Waals surface area contributed by atoms with Gasteiger partial charge in [0.1, 0.15) is 0 Å². The summed E-state index contributed by atoms with van der Waals surface area (Å²) in [6.45, 7) is 13.8. The summed E-state index contributed by atoms with van der Waals surface area (Å²) in [5.41, 5.74) is 3.47. The third-order valence-corrected chi connectivity index (χ3v) is 15.4. The Hall–Kier alpha value is -1.60. The van der Waals surface area contributed by atoms with Crippen molar-refractivity contribution in [3.8, 4) is 0 Å². The Morgan fingerprint density at radius 2 is 1.04 bits per heavy atom. The lowest BCUT2D eigenvalue weighted by atomic mass is 9.82. The maximum absolute atomic E-state index is 13.5. The number of alkyl halides is 9. The van der Waals surface area contributed by atoms with Crippen LogP contribution in [-0.4, -0.2) is 45.9 Å². The van der Waals surface area contributed by atoms with E-state index in [9.17, 15) is 56.3 Å². The SMILES string of the molecule is CCC(C)(C)c1ccc([I+]c2ccc(C(C)(C)CC)cc2)cc1.O=S(=O)(CCC1CCCCC1)[N-]S(=O)(=O)C(F)(F)C(F)(F)C(F)(F)C(F)(F)F. The van der Waals surface area contributed by atoms with Crippen molar-refractivity contribution >= 4 is 20.0 Å². The van der Waals surface area contributed by atoms with Crippen LogP contribution in [0.15, 0.2) is 48.5 Å². The molecule has 0 heterocycles. The molecule has 0 N–H and O–H groups in total. The van der Waals surface area contributed by atoms with Gasteiger partial charge in [-0.3, -0.25) is 0 Å². The lowest BCUT2D eigenvalue weighted by Gasteiger charge is -2.36. The zero-order chi connectivity index (χ0) is 39.3. The molecule has 1 saturated carbocycles. The van der Waals surface area contributed by atoms with Crippen LogP contribution in [0.3, 0.4) is 0 Å².